The van der Waals surface area contributed by atoms with E-state index in [1.54, 1.807) is 7.11 Å². The molecule has 29 heavy (non-hydrogen) atoms. The zero-order valence-corrected chi connectivity index (χ0v) is 17.9. The van der Waals surface area contributed by atoms with Gasteiger partial charge in [-0.05, 0) is 55.9 Å². The minimum Gasteiger partial charge on any atom is -0.375 e. The van der Waals surface area contributed by atoms with E-state index in [0.717, 1.165) is 29.5 Å². The first-order chi connectivity index (χ1) is 13.9. The van der Waals surface area contributed by atoms with Crippen molar-refractivity contribution in [1.29, 1.82) is 0 Å². The Balaban J connectivity index is 1.71. The summed E-state index contributed by atoms with van der Waals surface area (Å²) in [7, 11) is 1.63. The first-order valence-electron chi connectivity index (χ1n) is 10.2. The second-order valence-corrected chi connectivity index (χ2v) is 8.64. The van der Waals surface area contributed by atoms with E-state index >= 15 is 0 Å². The molecule has 1 aromatic rings. The van der Waals surface area contributed by atoms with Gasteiger partial charge in [0.05, 0.1) is 19.6 Å². The highest BCUT2D eigenvalue weighted by molar-refractivity contribution is 6.31. The first-order valence-corrected chi connectivity index (χ1v) is 10.6. The maximum Gasteiger partial charge on any atom is 0.177 e. The summed E-state index contributed by atoms with van der Waals surface area (Å²) < 4.78 is 5.64. The Morgan fingerprint density at radius 1 is 1.24 bits per heavy atom. The van der Waals surface area contributed by atoms with Crippen molar-refractivity contribution in [3.8, 4) is 0 Å². The molecule has 3 fully saturated rings. The number of hydrogen-bond donors (Lipinski definition) is 1. The van der Waals surface area contributed by atoms with Gasteiger partial charge in [-0.2, -0.15) is 5.06 Å². The lowest BCUT2D eigenvalue weighted by molar-refractivity contribution is -0.339. The highest BCUT2D eigenvalue weighted by Gasteiger charge is 2.61. The van der Waals surface area contributed by atoms with E-state index in [-0.39, 0.29) is 5.78 Å². The number of rotatable bonds is 4. The van der Waals surface area contributed by atoms with Crippen molar-refractivity contribution >= 4 is 17.4 Å². The van der Waals surface area contributed by atoms with E-state index in [1.807, 2.05) is 31.0 Å². The first kappa shape index (κ1) is 21.2. The zero-order chi connectivity index (χ0) is 20.8. The summed E-state index contributed by atoms with van der Waals surface area (Å²) in [6.45, 7) is 5.64. The maximum atomic E-state index is 13.8. The minimum atomic E-state index is -1.08. The number of aryl methyl sites for hydroxylation is 2. The van der Waals surface area contributed by atoms with E-state index in [4.69, 9.17) is 26.0 Å². The highest BCUT2D eigenvalue weighted by atomic mass is 35.5. The monoisotopic (exact) mass is 424 g/mol. The molecule has 1 aromatic carbocycles. The van der Waals surface area contributed by atoms with Crippen molar-refractivity contribution in [2.45, 2.75) is 63.5 Å². The summed E-state index contributed by atoms with van der Waals surface area (Å²) in [5.41, 5.74) is 1.68. The number of hydroxylamine groups is 4. The van der Waals surface area contributed by atoms with Crippen LogP contribution in [0.15, 0.2) is 12.1 Å². The number of piperidine rings is 1. The number of ether oxygens (including phenoxy) is 1. The van der Waals surface area contributed by atoms with Crippen LogP contribution in [0.5, 0.6) is 0 Å². The van der Waals surface area contributed by atoms with Crippen LogP contribution in [0.1, 0.15) is 48.3 Å². The van der Waals surface area contributed by atoms with Crippen LogP contribution in [0, 0.1) is 13.8 Å². The van der Waals surface area contributed by atoms with Crippen LogP contribution in [0.4, 0.5) is 0 Å². The molecule has 3 saturated heterocycles. The summed E-state index contributed by atoms with van der Waals surface area (Å²) in [6, 6.07) is 3.77. The lowest BCUT2D eigenvalue weighted by Gasteiger charge is -2.42. The number of nitrogens with zero attached hydrogens (tertiary/aromatic N) is 2. The van der Waals surface area contributed by atoms with Gasteiger partial charge >= 0.3 is 0 Å². The summed E-state index contributed by atoms with van der Waals surface area (Å²) >= 11 is 6.26. The van der Waals surface area contributed by atoms with Gasteiger partial charge in [-0.1, -0.05) is 17.7 Å². The Bertz CT molecular complexity index is 775. The number of carbonyl (C=O) groups excluding carboxylic acids is 1. The number of benzene rings is 1. The molecule has 0 bridgehead atoms. The molecule has 8 heteroatoms. The third-order valence-electron chi connectivity index (χ3n) is 6.51. The lowest BCUT2D eigenvalue weighted by atomic mass is 9.79. The van der Waals surface area contributed by atoms with Crippen molar-refractivity contribution in [1.82, 2.24) is 10.1 Å². The van der Waals surface area contributed by atoms with Gasteiger partial charge in [0.1, 0.15) is 11.8 Å². The average Bonchev–Trinajstić information content (AvgIpc) is 3.28. The molecule has 3 aliphatic rings. The Morgan fingerprint density at radius 3 is 2.59 bits per heavy atom. The Labute approximate surface area is 176 Å². The largest absolute Gasteiger partial charge is 0.375 e. The summed E-state index contributed by atoms with van der Waals surface area (Å²) in [5.74, 6) is -0.704. The molecular formula is C21H29ClN2O5. The van der Waals surface area contributed by atoms with Gasteiger partial charge in [-0.3, -0.25) is 9.63 Å². The maximum absolute atomic E-state index is 13.8. The third-order valence-corrected chi connectivity index (χ3v) is 6.92. The number of halogens is 1. The molecule has 1 N–H and O–H groups in total. The van der Waals surface area contributed by atoms with E-state index in [1.165, 1.54) is 5.06 Å². The normalized spacial score (nSPS) is 30.5. The van der Waals surface area contributed by atoms with Crippen LogP contribution in [0.2, 0.25) is 5.02 Å². The summed E-state index contributed by atoms with van der Waals surface area (Å²) in [4.78, 5) is 25.3. The topological polar surface area (TPSA) is 71.5 Å². The van der Waals surface area contributed by atoms with Crippen LogP contribution in [-0.2, 0) is 19.2 Å². The van der Waals surface area contributed by atoms with Crippen LogP contribution in [0.25, 0.3) is 0 Å². The van der Waals surface area contributed by atoms with Gasteiger partial charge in [0.15, 0.2) is 12.1 Å². The zero-order valence-electron chi connectivity index (χ0n) is 17.2. The summed E-state index contributed by atoms with van der Waals surface area (Å²) in [5, 5.41) is 15.3. The second-order valence-electron chi connectivity index (χ2n) is 8.23. The molecule has 7 nitrogen and oxygen atoms in total. The van der Waals surface area contributed by atoms with Crippen molar-refractivity contribution < 1.29 is 24.3 Å². The number of carbonyl (C=O) groups is 1. The Morgan fingerprint density at radius 2 is 1.97 bits per heavy atom. The molecule has 0 radical (unpaired) electrons. The van der Waals surface area contributed by atoms with Gasteiger partial charge in [0, 0.05) is 24.5 Å². The molecular weight excluding hydrogens is 396 g/mol. The molecule has 3 atom stereocenters. The van der Waals surface area contributed by atoms with E-state index < -0.39 is 24.0 Å². The second kappa shape index (κ2) is 8.23. The number of aliphatic hydroxyl groups excluding tert-OH is 1. The van der Waals surface area contributed by atoms with Gasteiger partial charge in [0.25, 0.3) is 0 Å². The quantitative estimate of drug-likeness (QED) is 0.796. The average molecular weight is 425 g/mol. The molecule has 0 aromatic heterocycles. The van der Waals surface area contributed by atoms with Crippen molar-refractivity contribution in [2.75, 3.05) is 26.8 Å². The Hall–Kier alpha value is -1.06. The van der Waals surface area contributed by atoms with Crippen LogP contribution in [-0.4, -0.2) is 65.9 Å². The number of ketones is 1. The van der Waals surface area contributed by atoms with Crippen LogP contribution in [0.3, 0.4) is 0 Å². The molecule has 4 rings (SSSR count). The van der Waals surface area contributed by atoms with Gasteiger partial charge in [-0.15, -0.1) is 5.06 Å². The Kier molecular flexibility index (Phi) is 6.01. The number of aliphatic hydroxyl groups is 1. The van der Waals surface area contributed by atoms with Crippen molar-refractivity contribution in [3.05, 3.63) is 33.8 Å². The minimum absolute atomic E-state index is 0.0106. The van der Waals surface area contributed by atoms with Crippen molar-refractivity contribution in [3.63, 3.8) is 0 Å². The molecule has 0 amide bonds. The third kappa shape index (κ3) is 3.63. The fraction of sp³-hybridized carbons (Fsp3) is 0.667. The van der Waals surface area contributed by atoms with E-state index in [0.29, 0.717) is 37.6 Å². The molecule has 3 aliphatic heterocycles. The molecule has 1 spiro atoms. The van der Waals surface area contributed by atoms with Gasteiger partial charge in [0.2, 0.25) is 0 Å². The molecule has 3 unspecified atom stereocenters. The SMILES string of the molecule is CON1CCC2(CC1)C(=O)C(c1cc(C)c(Cl)cc1C)C(O)N2OC1CCCO1. The molecule has 0 aliphatic carbocycles. The molecule has 160 valence electrons. The van der Waals surface area contributed by atoms with E-state index in [9.17, 15) is 9.90 Å². The molecule has 3 heterocycles. The summed E-state index contributed by atoms with van der Waals surface area (Å²) in [6.07, 6.45) is 1.19. The van der Waals surface area contributed by atoms with Crippen LogP contribution < -0.4 is 0 Å². The molecule has 0 saturated carbocycles. The van der Waals surface area contributed by atoms with Crippen molar-refractivity contribution in [2.24, 2.45) is 0 Å². The van der Waals surface area contributed by atoms with E-state index in [2.05, 4.69) is 0 Å². The van der Waals surface area contributed by atoms with Gasteiger partial charge < -0.3 is 14.7 Å². The fourth-order valence-electron chi connectivity index (χ4n) is 4.79. The number of Topliss-reactive ketones (excluding diaryl/α,β-unsaturated/α-hetero) is 1. The highest BCUT2D eigenvalue weighted by Crippen LogP contribution is 2.47. The van der Waals surface area contributed by atoms with Crippen LogP contribution >= 0.6 is 11.6 Å². The predicted octanol–water partition coefficient (Wildman–Crippen LogP) is 2.71. The standard InChI is InChI=1S/C21H29ClN2O5/c1-13-12-16(22)14(2)11-15(13)18-19(25)21(6-8-23(27-3)9-7-21)24(20(18)26)29-17-5-4-10-28-17/h11-12,17-18,20,26H,4-10H2,1-3H3. The van der Waals surface area contributed by atoms with Gasteiger partial charge in [-0.25, -0.2) is 0 Å². The smallest absolute Gasteiger partial charge is 0.177 e. The predicted molar refractivity (Wildman–Crippen MR) is 107 cm³/mol. The number of hydrogen-bond acceptors (Lipinski definition) is 7. The lowest BCUT2D eigenvalue weighted by Crippen LogP contribution is -2.57. The fourth-order valence-corrected chi connectivity index (χ4v) is 5.01.